The second-order valence-corrected chi connectivity index (χ2v) is 7.07. The largest absolute Gasteiger partial charge is 0.484 e. The SMILES string of the molecule is N#Cc1ccc(Cl)cc1O[C@H](CCN1CCC(O)CC1)c1ccccc1. The summed E-state index contributed by atoms with van der Waals surface area (Å²) in [6.45, 7) is 2.70. The molecule has 136 valence electrons. The van der Waals surface area contributed by atoms with Gasteiger partial charge in [0.25, 0.3) is 0 Å². The standard InChI is InChI=1S/C21H23ClN2O2/c22-18-7-6-17(15-23)21(14-18)26-20(16-4-2-1-3-5-16)10-13-24-11-8-19(25)9-12-24/h1-7,14,19-20,25H,8-13H2/t20-/m1/s1. The maximum absolute atomic E-state index is 9.67. The zero-order valence-electron chi connectivity index (χ0n) is 14.6. The molecule has 5 heteroatoms. The minimum Gasteiger partial charge on any atom is -0.484 e. The fraction of sp³-hybridized carbons (Fsp3) is 0.381. The average molecular weight is 371 g/mol. The zero-order chi connectivity index (χ0) is 18.4. The van der Waals surface area contributed by atoms with Crippen LogP contribution in [-0.2, 0) is 0 Å². The van der Waals surface area contributed by atoms with E-state index in [1.807, 2.05) is 30.3 Å². The highest BCUT2D eigenvalue weighted by Gasteiger charge is 2.20. The van der Waals surface area contributed by atoms with E-state index in [2.05, 4.69) is 11.0 Å². The molecule has 0 unspecified atom stereocenters. The van der Waals surface area contributed by atoms with Gasteiger partial charge in [0.15, 0.2) is 0 Å². The van der Waals surface area contributed by atoms with Crippen molar-refractivity contribution in [1.82, 2.24) is 4.90 Å². The Kier molecular flexibility index (Phi) is 6.51. The van der Waals surface area contributed by atoms with Crippen LogP contribution in [0.1, 0.15) is 36.5 Å². The highest BCUT2D eigenvalue weighted by Crippen LogP contribution is 2.30. The summed E-state index contributed by atoms with van der Waals surface area (Å²) in [5.74, 6) is 0.517. The van der Waals surface area contributed by atoms with Crippen LogP contribution in [-0.4, -0.2) is 35.7 Å². The molecule has 1 atom stereocenters. The summed E-state index contributed by atoms with van der Waals surface area (Å²) in [5.41, 5.74) is 1.56. The summed E-state index contributed by atoms with van der Waals surface area (Å²) in [4.78, 5) is 2.36. The van der Waals surface area contributed by atoms with Crippen LogP contribution < -0.4 is 4.74 Å². The van der Waals surface area contributed by atoms with Gasteiger partial charge in [0, 0.05) is 37.1 Å². The quantitative estimate of drug-likeness (QED) is 0.828. The molecule has 1 aliphatic rings. The van der Waals surface area contributed by atoms with Crippen molar-refractivity contribution in [2.24, 2.45) is 0 Å². The number of benzene rings is 2. The number of rotatable bonds is 6. The van der Waals surface area contributed by atoms with Crippen LogP contribution in [0.15, 0.2) is 48.5 Å². The van der Waals surface area contributed by atoms with Crippen LogP contribution in [0.2, 0.25) is 5.02 Å². The van der Waals surface area contributed by atoms with E-state index in [0.717, 1.165) is 44.5 Å². The molecule has 1 heterocycles. The third-order valence-corrected chi connectivity index (χ3v) is 5.00. The molecule has 0 aliphatic carbocycles. The highest BCUT2D eigenvalue weighted by atomic mass is 35.5. The summed E-state index contributed by atoms with van der Waals surface area (Å²) in [5, 5.41) is 19.6. The second kappa shape index (κ2) is 9.05. The number of aliphatic hydroxyl groups excluding tert-OH is 1. The molecule has 0 spiro atoms. The molecule has 1 N–H and O–H groups in total. The van der Waals surface area contributed by atoms with Crippen molar-refractivity contribution in [3.63, 3.8) is 0 Å². The predicted octanol–water partition coefficient (Wildman–Crippen LogP) is 4.18. The van der Waals surface area contributed by atoms with E-state index >= 15 is 0 Å². The van der Waals surface area contributed by atoms with Gasteiger partial charge in [-0.05, 0) is 30.5 Å². The summed E-state index contributed by atoms with van der Waals surface area (Å²) >= 11 is 6.09. The Morgan fingerprint density at radius 1 is 1.19 bits per heavy atom. The molecule has 1 fully saturated rings. The van der Waals surface area contributed by atoms with Gasteiger partial charge < -0.3 is 14.7 Å². The molecule has 26 heavy (non-hydrogen) atoms. The van der Waals surface area contributed by atoms with Crippen molar-refractivity contribution in [3.05, 3.63) is 64.7 Å². The average Bonchev–Trinajstić information content (AvgIpc) is 2.67. The fourth-order valence-corrected chi connectivity index (χ4v) is 3.41. The Morgan fingerprint density at radius 3 is 2.62 bits per heavy atom. The van der Waals surface area contributed by atoms with Crippen LogP contribution in [0.5, 0.6) is 5.75 Å². The summed E-state index contributed by atoms with van der Waals surface area (Å²) < 4.78 is 6.23. The smallest absolute Gasteiger partial charge is 0.139 e. The highest BCUT2D eigenvalue weighted by molar-refractivity contribution is 6.30. The van der Waals surface area contributed by atoms with Crippen LogP contribution >= 0.6 is 11.6 Å². The molecule has 0 amide bonds. The Bertz CT molecular complexity index is 752. The predicted molar refractivity (Wildman–Crippen MR) is 102 cm³/mol. The lowest BCUT2D eigenvalue weighted by atomic mass is 10.0. The van der Waals surface area contributed by atoms with Crippen molar-refractivity contribution in [1.29, 1.82) is 5.26 Å². The van der Waals surface area contributed by atoms with Gasteiger partial charge in [-0.3, -0.25) is 0 Å². The maximum atomic E-state index is 9.67. The number of aliphatic hydroxyl groups is 1. The van der Waals surface area contributed by atoms with Gasteiger partial charge in [-0.25, -0.2) is 0 Å². The second-order valence-electron chi connectivity index (χ2n) is 6.63. The number of likely N-dealkylation sites (tertiary alicyclic amines) is 1. The summed E-state index contributed by atoms with van der Waals surface area (Å²) in [6, 6.07) is 17.3. The fourth-order valence-electron chi connectivity index (χ4n) is 3.24. The maximum Gasteiger partial charge on any atom is 0.139 e. The molecule has 0 saturated carbocycles. The van der Waals surface area contributed by atoms with Gasteiger partial charge in [0.2, 0.25) is 0 Å². The number of hydrogen-bond donors (Lipinski definition) is 1. The van der Waals surface area contributed by atoms with Gasteiger partial charge in [0.05, 0.1) is 11.7 Å². The molecular weight excluding hydrogens is 348 g/mol. The Hall–Kier alpha value is -2.06. The van der Waals surface area contributed by atoms with Crippen LogP contribution in [0.4, 0.5) is 0 Å². The molecule has 0 radical (unpaired) electrons. The minimum atomic E-state index is -0.169. The third kappa shape index (κ3) is 4.98. The van der Waals surface area contributed by atoms with E-state index in [0.29, 0.717) is 16.3 Å². The monoisotopic (exact) mass is 370 g/mol. The minimum absolute atomic E-state index is 0.159. The van der Waals surface area contributed by atoms with E-state index < -0.39 is 0 Å². The van der Waals surface area contributed by atoms with Crippen molar-refractivity contribution < 1.29 is 9.84 Å². The number of ether oxygens (including phenoxy) is 1. The van der Waals surface area contributed by atoms with E-state index in [1.165, 1.54) is 0 Å². The van der Waals surface area contributed by atoms with Gasteiger partial charge in [-0.15, -0.1) is 0 Å². The molecule has 3 rings (SSSR count). The van der Waals surface area contributed by atoms with E-state index in [9.17, 15) is 10.4 Å². The van der Waals surface area contributed by atoms with Gasteiger partial charge >= 0.3 is 0 Å². The number of nitriles is 1. The van der Waals surface area contributed by atoms with Gasteiger partial charge in [0.1, 0.15) is 17.9 Å². The first-order chi connectivity index (χ1) is 12.7. The molecule has 2 aromatic rings. The van der Waals surface area contributed by atoms with Crippen molar-refractivity contribution in [2.45, 2.75) is 31.5 Å². The number of nitrogens with zero attached hydrogens (tertiary/aromatic N) is 2. The van der Waals surface area contributed by atoms with Gasteiger partial charge in [-0.1, -0.05) is 41.9 Å². The Labute approximate surface area is 159 Å². The van der Waals surface area contributed by atoms with Crippen LogP contribution in [0.25, 0.3) is 0 Å². The number of halogens is 1. The van der Waals surface area contributed by atoms with E-state index in [-0.39, 0.29) is 12.2 Å². The molecule has 1 saturated heterocycles. The Morgan fingerprint density at radius 2 is 1.92 bits per heavy atom. The first kappa shape index (κ1) is 18.7. The first-order valence-electron chi connectivity index (χ1n) is 8.97. The third-order valence-electron chi connectivity index (χ3n) is 4.77. The Balaban J connectivity index is 1.74. The summed E-state index contributed by atoms with van der Waals surface area (Å²) in [6.07, 6.45) is 2.12. The molecular formula is C21H23ClN2O2. The molecule has 0 bridgehead atoms. The van der Waals surface area contributed by atoms with Crippen molar-refractivity contribution in [3.8, 4) is 11.8 Å². The van der Waals surface area contributed by atoms with Gasteiger partial charge in [-0.2, -0.15) is 5.26 Å². The van der Waals surface area contributed by atoms with Crippen LogP contribution in [0, 0.1) is 11.3 Å². The number of piperidine rings is 1. The normalized spacial score (nSPS) is 16.8. The lowest BCUT2D eigenvalue weighted by Gasteiger charge is -2.31. The van der Waals surface area contributed by atoms with E-state index in [1.54, 1.807) is 18.2 Å². The number of hydrogen-bond acceptors (Lipinski definition) is 4. The molecule has 1 aliphatic heterocycles. The van der Waals surface area contributed by atoms with Crippen LogP contribution in [0.3, 0.4) is 0 Å². The molecule has 2 aromatic carbocycles. The lowest BCUT2D eigenvalue weighted by Crippen LogP contribution is -2.37. The molecule has 4 nitrogen and oxygen atoms in total. The molecule has 0 aromatic heterocycles. The summed E-state index contributed by atoms with van der Waals surface area (Å²) in [7, 11) is 0. The van der Waals surface area contributed by atoms with E-state index in [4.69, 9.17) is 16.3 Å². The zero-order valence-corrected chi connectivity index (χ0v) is 15.4. The van der Waals surface area contributed by atoms with Crippen molar-refractivity contribution >= 4 is 11.6 Å². The first-order valence-corrected chi connectivity index (χ1v) is 9.35. The van der Waals surface area contributed by atoms with Crippen molar-refractivity contribution in [2.75, 3.05) is 19.6 Å². The lowest BCUT2D eigenvalue weighted by molar-refractivity contribution is 0.0740. The topological polar surface area (TPSA) is 56.5 Å².